The molecule has 11 nitrogen and oxygen atoms in total. The number of carbonyl (C=O) groups is 1. The summed E-state index contributed by atoms with van der Waals surface area (Å²) >= 11 is 16.1. The Bertz CT molecular complexity index is 1820. The van der Waals surface area contributed by atoms with E-state index in [4.69, 9.17) is 51.6 Å². The average Bonchev–Trinajstić information content (AvgIpc) is 3.78. The molecule has 14 heteroatoms. The molecule has 7 rings (SSSR count). The first-order chi connectivity index (χ1) is 21.3. The Hall–Kier alpha value is -3.71. The SMILES string of the molecule is COc1ccc2c(c1OC)C(=O)O[C@@H]2[C@H]1c2c(c(Br)c3c(c2OC)OCO3)CCN1Cc1cn(-c2ccc(Cl)c(Cl)c2)nn1. The van der Waals surface area contributed by atoms with Crippen LogP contribution >= 0.6 is 39.1 Å². The first kappa shape index (κ1) is 29.0. The molecule has 2 atom stereocenters. The van der Waals surface area contributed by atoms with Crippen molar-refractivity contribution < 1.29 is 33.2 Å². The van der Waals surface area contributed by atoms with Gasteiger partial charge in [-0.05, 0) is 52.2 Å². The summed E-state index contributed by atoms with van der Waals surface area (Å²) in [5.41, 5.74) is 4.22. The summed E-state index contributed by atoms with van der Waals surface area (Å²) in [6, 6.07) is 8.36. The van der Waals surface area contributed by atoms with Crippen molar-refractivity contribution in [3.63, 3.8) is 0 Å². The third-order valence-electron chi connectivity index (χ3n) is 8.08. The number of carbonyl (C=O) groups excluding carboxylic acids is 1. The third kappa shape index (κ3) is 4.54. The smallest absolute Gasteiger partial charge is 0.343 e. The van der Waals surface area contributed by atoms with Crippen LogP contribution in [0, 0.1) is 0 Å². The van der Waals surface area contributed by atoms with Crippen LogP contribution in [-0.4, -0.2) is 60.5 Å². The number of cyclic esters (lactones) is 1. The predicted octanol–water partition coefficient (Wildman–Crippen LogP) is 6.10. The van der Waals surface area contributed by atoms with E-state index in [1.807, 2.05) is 18.3 Å². The van der Waals surface area contributed by atoms with Gasteiger partial charge in [0.25, 0.3) is 0 Å². The van der Waals surface area contributed by atoms with Crippen molar-refractivity contribution in [1.29, 1.82) is 0 Å². The fraction of sp³-hybridized carbons (Fsp3) is 0.300. The fourth-order valence-corrected chi connectivity index (χ4v) is 7.18. The zero-order valence-electron chi connectivity index (χ0n) is 23.7. The first-order valence-electron chi connectivity index (χ1n) is 13.6. The molecule has 0 radical (unpaired) electrons. The molecule has 0 spiro atoms. The van der Waals surface area contributed by atoms with E-state index < -0.39 is 18.1 Å². The van der Waals surface area contributed by atoms with Gasteiger partial charge in [0.15, 0.2) is 23.0 Å². The maximum atomic E-state index is 13.5. The summed E-state index contributed by atoms with van der Waals surface area (Å²) in [5.74, 6) is 1.86. The van der Waals surface area contributed by atoms with Crippen LogP contribution in [0.3, 0.4) is 0 Å². The molecule has 0 saturated heterocycles. The molecule has 3 aliphatic rings. The van der Waals surface area contributed by atoms with Crippen LogP contribution in [-0.2, 0) is 17.7 Å². The number of halogens is 3. The Kier molecular flexibility index (Phi) is 7.48. The Morgan fingerprint density at radius 1 is 1.02 bits per heavy atom. The second-order valence-electron chi connectivity index (χ2n) is 10.3. The predicted molar refractivity (Wildman–Crippen MR) is 163 cm³/mol. The molecule has 0 N–H and O–H groups in total. The molecule has 4 heterocycles. The van der Waals surface area contributed by atoms with Crippen molar-refractivity contribution in [2.45, 2.75) is 25.1 Å². The number of aromatic nitrogens is 3. The summed E-state index contributed by atoms with van der Waals surface area (Å²) < 4.78 is 37.3. The molecule has 1 aromatic heterocycles. The molecular formula is C30H25BrCl2N4O7. The van der Waals surface area contributed by atoms with Gasteiger partial charge in [0.1, 0.15) is 11.7 Å². The Labute approximate surface area is 270 Å². The largest absolute Gasteiger partial charge is 0.493 e. The van der Waals surface area contributed by atoms with Crippen molar-refractivity contribution in [2.24, 2.45) is 0 Å². The highest BCUT2D eigenvalue weighted by Crippen LogP contribution is 2.58. The topological polar surface area (TPSA) is 106 Å². The molecule has 0 saturated carbocycles. The summed E-state index contributed by atoms with van der Waals surface area (Å²) in [6.45, 7) is 1.06. The van der Waals surface area contributed by atoms with Gasteiger partial charge in [-0.25, -0.2) is 9.48 Å². The molecule has 3 aliphatic heterocycles. The first-order valence-corrected chi connectivity index (χ1v) is 15.1. The van der Waals surface area contributed by atoms with E-state index in [1.54, 1.807) is 30.0 Å². The number of hydrogen-bond donors (Lipinski definition) is 0. The Balaban J connectivity index is 1.35. The maximum Gasteiger partial charge on any atom is 0.343 e. The lowest BCUT2D eigenvalue weighted by atomic mass is 9.85. The average molecular weight is 704 g/mol. The number of benzene rings is 3. The molecule has 0 aliphatic carbocycles. The highest BCUT2D eigenvalue weighted by molar-refractivity contribution is 9.10. The van der Waals surface area contributed by atoms with Gasteiger partial charge < -0.3 is 28.4 Å². The van der Waals surface area contributed by atoms with Crippen molar-refractivity contribution in [3.05, 3.63) is 79.0 Å². The minimum Gasteiger partial charge on any atom is -0.493 e. The normalized spacial score (nSPS) is 18.5. The zero-order chi connectivity index (χ0) is 30.7. The third-order valence-corrected chi connectivity index (χ3v) is 9.66. The second-order valence-corrected chi connectivity index (χ2v) is 11.9. The van der Waals surface area contributed by atoms with Gasteiger partial charge in [-0.1, -0.05) is 34.5 Å². The highest BCUT2D eigenvalue weighted by atomic mass is 79.9. The van der Waals surface area contributed by atoms with Crippen molar-refractivity contribution in [3.8, 4) is 34.4 Å². The van der Waals surface area contributed by atoms with E-state index in [1.165, 1.54) is 14.2 Å². The summed E-state index contributed by atoms with van der Waals surface area (Å²) in [6.07, 6.45) is 1.77. The van der Waals surface area contributed by atoms with E-state index in [-0.39, 0.29) is 6.79 Å². The monoisotopic (exact) mass is 702 g/mol. The molecule has 0 fully saturated rings. The number of nitrogens with zero attached hydrogens (tertiary/aromatic N) is 4. The minimum atomic E-state index is -0.720. The van der Waals surface area contributed by atoms with E-state index >= 15 is 0 Å². The lowest BCUT2D eigenvalue weighted by Gasteiger charge is -2.40. The van der Waals surface area contributed by atoms with Crippen molar-refractivity contribution in [2.75, 3.05) is 34.7 Å². The van der Waals surface area contributed by atoms with Crippen LogP contribution in [0.25, 0.3) is 5.69 Å². The molecular weight excluding hydrogens is 679 g/mol. The summed E-state index contributed by atoms with van der Waals surface area (Å²) in [4.78, 5) is 15.7. The van der Waals surface area contributed by atoms with E-state index in [2.05, 4.69) is 31.1 Å². The fourth-order valence-electron chi connectivity index (χ4n) is 6.18. The second kappa shape index (κ2) is 11.3. The molecule has 228 valence electrons. The van der Waals surface area contributed by atoms with Crippen LogP contribution in [0.1, 0.15) is 44.9 Å². The number of methoxy groups -OCH3 is 3. The summed E-state index contributed by atoms with van der Waals surface area (Å²) in [5, 5.41) is 9.64. The number of ether oxygens (including phenoxy) is 6. The van der Waals surface area contributed by atoms with Gasteiger partial charge in [0.05, 0.1) is 59.5 Å². The molecule has 44 heavy (non-hydrogen) atoms. The van der Waals surface area contributed by atoms with Crippen molar-refractivity contribution in [1.82, 2.24) is 19.9 Å². The number of rotatable bonds is 7. The molecule has 0 bridgehead atoms. The van der Waals surface area contributed by atoms with Gasteiger partial charge in [-0.3, -0.25) is 4.90 Å². The Morgan fingerprint density at radius 2 is 1.82 bits per heavy atom. The highest BCUT2D eigenvalue weighted by Gasteiger charge is 2.48. The van der Waals surface area contributed by atoms with Gasteiger partial charge in [0.2, 0.25) is 12.5 Å². The standard InChI is InChI=1S/C30H25BrCl2N4O7/c1-39-20-7-5-17-22(26(20)40-2)30(38)44-25(17)24-21-16(23(31)28-29(27(21)41-3)43-13-42-28)8-9-36(24)11-14-12-37(35-34-14)15-4-6-18(32)19(33)10-15/h4-7,10,12,24-25H,8-9,11,13H2,1-3H3/t24-,25+/m1/s1. The van der Waals surface area contributed by atoms with E-state index in [0.717, 1.165) is 21.3 Å². The molecule has 3 aromatic carbocycles. The minimum absolute atomic E-state index is 0.0671. The number of fused-ring (bicyclic) bond motifs is 3. The maximum absolute atomic E-state index is 13.5. The van der Waals surface area contributed by atoms with Crippen LogP contribution in [0.2, 0.25) is 10.0 Å². The lowest BCUT2D eigenvalue weighted by Crippen LogP contribution is -2.39. The number of hydrogen-bond acceptors (Lipinski definition) is 10. The van der Waals surface area contributed by atoms with Crippen LogP contribution in [0.5, 0.6) is 28.7 Å². The van der Waals surface area contributed by atoms with Gasteiger partial charge in [0, 0.05) is 24.2 Å². The van der Waals surface area contributed by atoms with Crippen LogP contribution in [0.15, 0.2) is 41.0 Å². The van der Waals surface area contributed by atoms with Crippen LogP contribution in [0.4, 0.5) is 0 Å². The van der Waals surface area contributed by atoms with E-state index in [9.17, 15) is 4.79 Å². The quantitative estimate of drug-likeness (QED) is 0.210. The number of esters is 1. The zero-order valence-corrected chi connectivity index (χ0v) is 26.8. The van der Waals surface area contributed by atoms with Gasteiger partial charge in [-0.2, -0.15) is 0 Å². The molecule has 0 amide bonds. The van der Waals surface area contributed by atoms with E-state index in [0.29, 0.717) is 75.1 Å². The summed E-state index contributed by atoms with van der Waals surface area (Å²) in [7, 11) is 4.61. The lowest BCUT2D eigenvalue weighted by molar-refractivity contribution is 0.000180. The van der Waals surface area contributed by atoms with Crippen LogP contribution < -0.4 is 23.7 Å². The van der Waals surface area contributed by atoms with Gasteiger partial charge >= 0.3 is 5.97 Å². The van der Waals surface area contributed by atoms with Crippen molar-refractivity contribution >= 4 is 45.1 Å². The molecule has 0 unspecified atom stereocenters. The Morgan fingerprint density at radius 3 is 2.57 bits per heavy atom. The van der Waals surface area contributed by atoms with Gasteiger partial charge in [-0.15, -0.1) is 5.10 Å². The molecule has 4 aromatic rings.